The first-order valence-electron chi connectivity index (χ1n) is 12.5. The van der Waals surface area contributed by atoms with Crippen molar-refractivity contribution >= 4 is 17.8 Å². The van der Waals surface area contributed by atoms with Crippen molar-refractivity contribution in [2.75, 3.05) is 39.2 Å². The molecule has 0 aromatic heterocycles. The summed E-state index contributed by atoms with van der Waals surface area (Å²) in [5, 5.41) is 14.2. The van der Waals surface area contributed by atoms with Crippen LogP contribution in [0.15, 0.2) is 59.3 Å². The monoisotopic (exact) mass is 487 g/mol. The molecule has 2 aromatic rings. The molecule has 0 saturated carbocycles. The normalized spacial score (nSPS) is 30.5. The van der Waals surface area contributed by atoms with Gasteiger partial charge in [0, 0.05) is 35.6 Å². The molecule has 3 heterocycles. The maximum Gasteiger partial charge on any atom is 0.217 e. The molecule has 6 rings (SSSR count). The van der Waals surface area contributed by atoms with Gasteiger partial charge in [-0.05, 0) is 42.3 Å². The SMILES string of the molecule is C/C=C1/C[N+]2(CC(=O)c3ccc(OC)c(OC)c3)CC[C@]34C(=C(C=O)[C@H]1C[C@@H]32)Nc1c(O)cccc14. The Morgan fingerprint density at radius 3 is 2.75 bits per heavy atom. The van der Waals surface area contributed by atoms with Crippen LogP contribution in [0.25, 0.3) is 0 Å². The number of fused-ring (bicyclic) bond motifs is 2. The van der Waals surface area contributed by atoms with Crippen molar-refractivity contribution in [3.63, 3.8) is 0 Å². The Hall–Kier alpha value is -3.58. The van der Waals surface area contributed by atoms with E-state index in [1.807, 2.05) is 13.0 Å². The standard InChI is InChI=1S/C29H30N2O5/c1-4-17-14-31(15-23(34)18-8-9-24(35-2)25(12-18)36-3)11-10-29-21-6-5-7-22(33)27(21)30-28(29)20(16-32)19(17)13-26(29)31/h4-9,12,16,19,26H,10-11,13-15H2,1-3H3,(H-,30,32,33)/p+1/b17-4-/t19-,26-,29+,31?/m0/s1. The van der Waals surface area contributed by atoms with Crippen LogP contribution >= 0.6 is 0 Å². The van der Waals surface area contributed by atoms with E-state index in [4.69, 9.17) is 9.47 Å². The molecular formula is C29H31N2O5+. The number of hydrogen-bond acceptors (Lipinski definition) is 6. The number of aromatic hydroxyl groups is 1. The van der Waals surface area contributed by atoms with E-state index in [0.29, 0.717) is 33.8 Å². The van der Waals surface area contributed by atoms with Gasteiger partial charge < -0.3 is 24.4 Å². The summed E-state index contributed by atoms with van der Waals surface area (Å²) in [6.07, 6.45) is 4.76. The van der Waals surface area contributed by atoms with Crippen LogP contribution in [0.1, 0.15) is 35.7 Å². The number of para-hydroxylation sites is 1. The molecule has 0 amide bonds. The molecule has 1 spiro atoms. The molecule has 0 radical (unpaired) electrons. The molecule has 7 heteroatoms. The maximum atomic E-state index is 13.8. The lowest BCUT2D eigenvalue weighted by Gasteiger charge is -2.53. The van der Waals surface area contributed by atoms with Crippen LogP contribution in [0.4, 0.5) is 5.69 Å². The fraction of sp³-hybridized carbons (Fsp3) is 0.379. The number of Topliss-reactive ketones (excluding diaryl/α,β-unsaturated/α-hetero) is 1. The number of ketones is 1. The predicted molar refractivity (Wildman–Crippen MR) is 136 cm³/mol. The van der Waals surface area contributed by atoms with Crippen LogP contribution in [-0.4, -0.2) is 61.6 Å². The molecule has 2 N–H and O–H groups in total. The van der Waals surface area contributed by atoms with E-state index in [0.717, 1.165) is 49.1 Å². The largest absolute Gasteiger partial charge is 0.506 e. The highest BCUT2D eigenvalue weighted by molar-refractivity contribution is 5.97. The Morgan fingerprint density at radius 1 is 1.22 bits per heavy atom. The highest BCUT2D eigenvalue weighted by atomic mass is 16.5. The molecule has 36 heavy (non-hydrogen) atoms. The molecule has 1 aliphatic carbocycles. The fourth-order valence-corrected chi connectivity index (χ4v) is 7.57. The van der Waals surface area contributed by atoms with Gasteiger partial charge in [-0.15, -0.1) is 0 Å². The van der Waals surface area contributed by atoms with Crippen LogP contribution in [0, 0.1) is 5.92 Å². The zero-order chi connectivity index (χ0) is 25.2. The van der Waals surface area contributed by atoms with Gasteiger partial charge in [0.15, 0.2) is 11.5 Å². The zero-order valence-corrected chi connectivity index (χ0v) is 20.8. The number of aldehydes is 1. The van der Waals surface area contributed by atoms with Gasteiger partial charge in [-0.25, -0.2) is 0 Å². The first-order valence-corrected chi connectivity index (χ1v) is 12.5. The van der Waals surface area contributed by atoms with Crippen molar-refractivity contribution in [1.82, 2.24) is 0 Å². The Morgan fingerprint density at radius 2 is 2.03 bits per heavy atom. The van der Waals surface area contributed by atoms with Crippen molar-refractivity contribution in [1.29, 1.82) is 0 Å². The minimum atomic E-state index is -0.405. The smallest absolute Gasteiger partial charge is 0.217 e. The Kier molecular flexibility index (Phi) is 5.06. The van der Waals surface area contributed by atoms with Crippen LogP contribution in [-0.2, 0) is 10.2 Å². The highest BCUT2D eigenvalue weighted by Crippen LogP contribution is 2.64. The summed E-state index contributed by atoms with van der Waals surface area (Å²) in [6.45, 7) is 3.95. The van der Waals surface area contributed by atoms with Gasteiger partial charge in [-0.1, -0.05) is 18.2 Å². The summed E-state index contributed by atoms with van der Waals surface area (Å²) >= 11 is 0. The lowest BCUT2D eigenvalue weighted by Crippen LogP contribution is -2.64. The number of rotatable bonds is 6. The minimum Gasteiger partial charge on any atom is -0.506 e. The van der Waals surface area contributed by atoms with Crippen molar-refractivity contribution < 1.29 is 28.7 Å². The number of nitrogens with one attached hydrogen (secondary N) is 1. The number of nitrogens with zero attached hydrogens (tertiary/aromatic N) is 1. The summed E-state index contributed by atoms with van der Waals surface area (Å²) in [5.41, 5.74) is 4.87. The number of methoxy groups -OCH3 is 2. The number of phenols is 1. The van der Waals surface area contributed by atoms with Gasteiger partial charge in [-0.3, -0.25) is 9.59 Å². The van der Waals surface area contributed by atoms with Crippen LogP contribution in [0.3, 0.4) is 0 Å². The zero-order valence-electron chi connectivity index (χ0n) is 20.8. The number of piperidine rings is 1. The lowest BCUT2D eigenvalue weighted by atomic mass is 9.61. The molecule has 1 unspecified atom stereocenters. The number of ether oxygens (including phenoxy) is 2. The maximum absolute atomic E-state index is 13.8. The average molecular weight is 488 g/mol. The van der Waals surface area contributed by atoms with E-state index >= 15 is 0 Å². The molecule has 186 valence electrons. The molecule has 2 aromatic carbocycles. The molecule has 2 fully saturated rings. The quantitative estimate of drug-likeness (QED) is 0.211. The molecule has 2 saturated heterocycles. The third-order valence-electron chi connectivity index (χ3n) is 9.13. The van der Waals surface area contributed by atoms with E-state index < -0.39 is 5.41 Å². The Bertz CT molecular complexity index is 1360. The Labute approximate surface area is 210 Å². The highest BCUT2D eigenvalue weighted by Gasteiger charge is 2.69. The number of hydrogen-bond donors (Lipinski definition) is 2. The third-order valence-corrected chi connectivity index (χ3v) is 9.13. The minimum absolute atomic E-state index is 0.0325. The number of carbonyl (C=O) groups excluding carboxylic acids is 2. The lowest BCUT2D eigenvalue weighted by molar-refractivity contribution is -0.934. The van der Waals surface area contributed by atoms with Crippen molar-refractivity contribution in [2.24, 2.45) is 5.92 Å². The number of quaternary nitrogens is 1. The van der Waals surface area contributed by atoms with Gasteiger partial charge in [0.25, 0.3) is 0 Å². The van der Waals surface area contributed by atoms with Crippen LogP contribution < -0.4 is 14.8 Å². The number of benzene rings is 2. The van der Waals surface area contributed by atoms with Gasteiger partial charge in [0.2, 0.25) is 5.78 Å². The average Bonchev–Trinajstić information content (AvgIpc) is 3.43. The second-order valence-corrected chi connectivity index (χ2v) is 10.4. The molecule has 4 atom stereocenters. The summed E-state index contributed by atoms with van der Waals surface area (Å²) in [4.78, 5) is 26.2. The van der Waals surface area contributed by atoms with Crippen molar-refractivity contribution in [2.45, 2.75) is 31.2 Å². The number of anilines is 1. The first kappa shape index (κ1) is 22.9. The van der Waals surface area contributed by atoms with Crippen molar-refractivity contribution in [3.8, 4) is 17.2 Å². The van der Waals surface area contributed by atoms with E-state index in [1.54, 1.807) is 38.5 Å². The van der Waals surface area contributed by atoms with Crippen LogP contribution in [0.5, 0.6) is 17.2 Å². The number of carbonyl (C=O) groups is 2. The fourth-order valence-electron chi connectivity index (χ4n) is 7.57. The van der Waals surface area contributed by atoms with E-state index in [-0.39, 0.29) is 23.5 Å². The van der Waals surface area contributed by atoms with Gasteiger partial charge in [0.1, 0.15) is 31.2 Å². The first-order chi connectivity index (χ1) is 17.4. The summed E-state index contributed by atoms with van der Waals surface area (Å²) < 4.78 is 11.4. The molecule has 7 nitrogen and oxygen atoms in total. The summed E-state index contributed by atoms with van der Waals surface area (Å²) in [7, 11) is 3.15. The molecule has 3 aliphatic heterocycles. The Balaban J connectivity index is 1.47. The van der Waals surface area contributed by atoms with Gasteiger partial charge in [-0.2, -0.15) is 0 Å². The topological polar surface area (TPSA) is 84.9 Å². The third kappa shape index (κ3) is 2.83. The van der Waals surface area contributed by atoms with E-state index in [9.17, 15) is 14.7 Å². The second kappa shape index (κ2) is 7.96. The summed E-state index contributed by atoms with van der Waals surface area (Å²) in [6, 6.07) is 11.1. The summed E-state index contributed by atoms with van der Waals surface area (Å²) in [5.74, 6) is 1.43. The van der Waals surface area contributed by atoms with Gasteiger partial charge >= 0.3 is 0 Å². The number of phenolic OH excluding ortho intramolecular Hbond substituents is 1. The predicted octanol–water partition coefficient (Wildman–Crippen LogP) is 3.98. The molecule has 2 bridgehead atoms. The second-order valence-electron chi connectivity index (χ2n) is 10.4. The van der Waals surface area contributed by atoms with Gasteiger partial charge in [0.05, 0.1) is 31.9 Å². The molecular weight excluding hydrogens is 456 g/mol. The van der Waals surface area contributed by atoms with E-state index in [1.165, 1.54) is 5.57 Å². The van der Waals surface area contributed by atoms with Crippen molar-refractivity contribution in [3.05, 3.63) is 70.4 Å². The van der Waals surface area contributed by atoms with E-state index in [2.05, 4.69) is 17.5 Å². The molecule has 4 aliphatic rings. The number of allylic oxidation sites excluding steroid dienone is 2. The van der Waals surface area contributed by atoms with Crippen LogP contribution in [0.2, 0.25) is 0 Å².